The highest BCUT2D eigenvalue weighted by Gasteiger charge is 2.32. The maximum Gasteiger partial charge on any atom is 0.225 e. The molecule has 2 heterocycles. The van der Waals surface area contributed by atoms with Gasteiger partial charge in [-0.15, -0.1) is 0 Å². The second kappa shape index (κ2) is 11.2. The first kappa shape index (κ1) is 22.3. The number of hydrogen-bond acceptors (Lipinski definition) is 4. The SMILES string of the molecule is CCNC(=NCC(C)N1CCN(CC)CC1)NC1CCN(C(=O)C2CCCC2)C1. The average Bonchev–Trinajstić information content (AvgIpc) is 3.44. The van der Waals surface area contributed by atoms with Gasteiger partial charge < -0.3 is 20.4 Å². The van der Waals surface area contributed by atoms with Crippen molar-refractivity contribution in [2.45, 2.75) is 65.0 Å². The summed E-state index contributed by atoms with van der Waals surface area (Å²) >= 11 is 0. The molecule has 0 radical (unpaired) electrons. The normalized spacial score (nSPS) is 26.1. The second-order valence-electron chi connectivity index (χ2n) is 8.93. The van der Waals surface area contributed by atoms with Crippen LogP contribution in [0.25, 0.3) is 0 Å². The minimum atomic E-state index is 0.282. The van der Waals surface area contributed by atoms with Crippen LogP contribution in [0.2, 0.25) is 0 Å². The highest BCUT2D eigenvalue weighted by molar-refractivity contribution is 5.81. The molecule has 2 aliphatic heterocycles. The van der Waals surface area contributed by atoms with Crippen LogP contribution in [0, 0.1) is 5.92 Å². The van der Waals surface area contributed by atoms with Crippen molar-refractivity contribution in [3.05, 3.63) is 0 Å². The quantitative estimate of drug-likeness (QED) is 0.494. The van der Waals surface area contributed by atoms with Crippen LogP contribution in [-0.2, 0) is 4.79 Å². The molecule has 0 aromatic heterocycles. The highest BCUT2D eigenvalue weighted by Crippen LogP contribution is 2.27. The number of carbonyl (C=O) groups is 1. The Hall–Kier alpha value is -1.34. The first-order valence-corrected chi connectivity index (χ1v) is 11.9. The van der Waals surface area contributed by atoms with Gasteiger partial charge in [0, 0.05) is 63.8 Å². The number of guanidine groups is 1. The summed E-state index contributed by atoms with van der Waals surface area (Å²) in [5.41, 5.74) is 0. The number of carbonyl (C=O) groups excluding carboxylic acids is 1. The molecule has 1 aliphatic carbocycles. The topological polar surface area (TPSA) is 63.2 Å². The molecule has 0 spiro atoms. The lowest BCUT2D eigenvalue weighted by Crippen LogP contribution is -2.50. The highest BCUT2D eigenvalue weighted by atomic mass is 16.2. The Balaban J connectivity index is 1.46. The van der Waals surface area contributed by atoms with E-state index in [1.54, 1.807) is 0 Å². The monoisotopic (exact) mass is 406 g/mol. The molecular weight excluding hydrogens is 364 g/mol. The van der Waals surface area contributed by atoms with Gasteiger partial charge in [0.15, 0.2) is 5.96 Å². The number of hydrogen-bond donors (Lipinski definition) is 2. The van der Waals surface area contributed by atoms with Crippen LogP contribution in [0.15, 0.2) is 4.99 Å². The molecule has 7 heteroatoms. The zero-order valence-corrected chi connectivity index (χ0v) is 18.8. The fourth-order valence-corrected chi connectivity index (χ4v) is 4.88. The molecule has 166 valence electrons. The van der Waals surface area contributed by atoms with E-state index < -0.39 is 0 Å². The zero-order chi connectivity index (χ0) is 20.6. The Labute approximate surface area is 177 Å². The predicted molar refractivity (Wildman–Crippen MR) is 119 cm³/mol. The van der Waals surface area contributed by atoms with Crippen LogP contribution in [0.3, 0.4) is 0 Å². The fourth-order valence-electron chi connectivity index (χ4n) is 4.88. The van der Waals surface area contributed by atoms with Crippen molar-refractivity contribution in [2.75, 3.05) is 58.9 Å². The van der Waals surface area contributed by atoms with E-state index in [1.807, 2.05) is 0 Å². The van der Waals surface area contributed by atoms with Crippen LogP contribution >= 0.6 is 0 Å². The molecule has 0 aromatic rings. The van der Waals surface area contributed by atoms with E-state index in [0.29, 0.717) is 18.0 Å². The third-order valence-corrected chi connectivity index (χ3v) is 6.88. The van der Waals surface area contributed by atoms with Gasteiger partial charge >= 0.3 is 0 Å². The molecule has 3 fully saturated rings. The van der Waals surface area contributed by atoms with E-state index in [1.165, 1.54) is 12.8 Å². The van der Waals surface area contributed by atoms with Gasteiger partial charge in [-0.2, -0.15) is 0 Å². The van der Waals surface area contributed by atoms with Crippen LogP contribution in [-0.4, -0.2) is 97.6 Å². The van der Waals surface area contributed by atoms with Gasteiger partial charge in [0.1, 0.15) is 0 Å². The number of nitrogens with zero attached hydrogens (tertiary/aromatic N) is 4. The maximum atomic E-state index is 12.7. The molecule has 7 nitrogen and oxygen atoms in total. The molecule has 0 aromatic carbocycles. The Bertz CT molecular complexity index is 539. The van der Waals surface area contributed by atoms with Gasteiger partial charge in [0.25, 0.3) is 0 Å². The number of amides is 1. The van der Waals surface area contributed by atoms with Gasteiger partial charge in [0.2, 0.25) is 5.91 Å². The number of likely N-dealkylation sites (tertiary alicyclic amines) is 1. The zero-order valence-electron chi connectivity index (χ0n) is 18.8. The predicted octanol–water partition coefficient (Wildman–Crippen LogP) is 1.36. The molecule has 0 bridgehead atoms. The molecule has 29 heavy (non-hydrogen) atoms. The van der Waals surface area contributed by atoms with E-state index in [4.69, 9.17) is 4.99 Å². The first-order valence-electron chi connectivity index (χ1n) is 11.9. The Kier molecular flexibility index (Phi) is 8.60. The van der Waals surface area contributed by atoms with Crippen LogP contribution in [0.4, 0.5) is 0 Å². The van der Waals surface area contributed by atoms with Gasteiger partial charge in [-0.25, -0.2) is 0 Å². The molecular formula is C22H42N6O. The van der Waals surface area contributed by atoms with Gasteiger partial charge in [-0.3, -0.25) is 14.7 Å². The van der Waals surface area contributed by atoms with E-state index in [2.05, 4.69) is 46.1 Å². The summed E-state index contributed by atoms with van der Waals surface area (Å²) < 4.78 is 0. The lowest BCUT2D eigenvalue weighted by Gasteiger charge is -2.37. The third kappa shape index (κ3) is 6.32. The van der Waals surface area contributed by atoms with E-state index in [0.717, 1.165) is 84.1 Å². The van der Waals surface area contributed by atoms with Crippen molar-refractivity contribution in [1.82, 2.24) is 25.3 Å². The smallest absolute Gasteiger partial charge is 0.225 e. The van der Waals surface area contributed by atoms with Crippen molar-refractivity contribution >= 4 is 11.9 Å². The Morgan fingerprint density at radius 3 is 2.45 bits per heavy atom. The minimum absolute atomic E-state index is 0.282. The summed E-state index contributed by atoms with van der Waals surface area (Å²) in [5.74, 6) is 1.56. The first-order chi connectivity index (χ1) is 14.1. The Morgan fingerprint density at radius 2 is 1.79 bits per heavy atom. The third-order valence-electron chi connectivity index (χ3n) is 6.88. The average molecular weight is 407 g/mol. The number of piperazine rings is 1. The van der Waals surface area contributed by atoms with E-state index >= 15 is 0 Å². The van der Waals surface area contributed by atoms with Crippen LogP contribution in [0.5, 0.6) is 0 Å². The number of rotatable bonds is 7. The number of aliphatic imine (C=N–C) groups is 1. The van der Waals surface area contributed by atoms with Crippen LogP contribution in [0.1, 0.15) is 52.9 Å². The lowest BCUT2D eigenvalue weighted by molar-refractivity contribution is -0.134. The summed E-state index contributed by atoms with van der Waals surface area (Å²) in [6, 6.07) is 0.759. The van der Waals surface area contributed by atoms with Crippen molar-refractivity contribution in [3.63, 3.8) is 0 Å². The van der Waals surface area contributed by atoms with Crippen molar-refractivity contribution in [2.24, 2.45) is 10.9 Å². The summed E-state index contributed by atoms with van der Waals surface area (Å²) in [6.07, 6.45) is 5.62. The van der Waals surface area contributed by atoms with Crippen molar-refractivity contribution < 1.29 is 4.79 Å². The maximum absolute atomic E-state index is 12.7. The minimum Gasteiger partial charge on any atom is -0.357 e. The molecule has 3 rings (SSSR count). The molecule has 1 amide bonds. The van der Waals surface area contributed by atoms with Crippen molar-refractivity contribution in [3.8, 4) is 0 Å². The molecule has 2 N–H and O–H groups in total. The molecule has 3 aliphatic rings. The van der Waals surface area contributed by atoms with Gasteiger partial charge in [0.05, 0.1) is 6.54 Å². The lowest BCUT2D eigenvalue weighted by atomic mass is 10.1. The molecule has 2 atom stereocenters. The Morgan fingerprint density at radius 1 is 1.07 bits per heavy atom. The summed E-state index contributed by atoms with van der Waals surface area (Å²) in [7, 11) is 0. The largest absolute Gasteiger partial charge is 0.357 e. The van der Waals surface area contributed by atoms with Crippen LogP contribution < -0.4 is 10.6 Å². The van der Waals surface area contributed by atoms with E-state index in [9.17, 15) is 4.79 Å². The number of nitrogens with one attached hydrogen (secondary N) is 2. The molecule has 1 saturated carbocycles. The summed E-state index contributed by atoms with van der Waals surface area (Å²) in [4.78, 5) is 24.7. The molecule has 2 saturated heterocycles. The van der Waals surface area contributed by atoms with E-state index in [-0.39, 0.29) is 5.92 Å². The van der Waals surface area contributed by atoms with Gasteiger partial charge in [-0.1, -0.05) is 19.8 Å². The standard InChI is InChI=1S/C22H42N6O/c1-4-23-22(24-16-18(3)27-14-12-26(5-2)13-15-27)25-20-10-11-28(17-20)21(29)19-8-6-7-9-19/h18-20H,4-17H2,1-3H3,(H2,23,24,25). The summed E-state index contributed by atoms with van der Waals surface area (Å²) in [5, 5.41) is 6.98. The summed E-state index contributed by atoms with van der Waals surface area (Å²) in [6.45, 7) is 15.7. The molecule has 2 unspecified atom stereocenters. The second-order valence-corrected chi connectivity index (χ2v) is 8.93. The fraction of sp³-hybridized carbons (Fsp3) is 0.909. The van der Waals surface area contributed by atoms with Gasteiger partial charge in [-0.05, 0) is 39.7 Å². The van der Waals surface area contributed by atoms with Crippen molar-refractivity contribution in [1.29, 1.82) is 0 Å². The number of likely N-dealkylation sites (N-methyl/N-ethyl adjacent to an activating group) is 1.